The maximum absolute atomic E-state index is 12.6. The summed E-state index contributed by atoms with van der Waals surface area (Å²) in [5.74, 6) is 0.559. The molecule has 0 spiro atoms. The summed E-state index contributed by atoms with van der Waals surface area (Å²) < 4.78 is 5.00. The number of hydrogen-bond donors (Lipinski definition) is 1. The van der Waals surface area contributed by atoms with E-state index in [0.29, 0.717) is 24.5 Å². The molecule has 116 valence electrons. The molecule has 0 fully saturated rings. The highest BCUT2D eigenvalue weighted by Crippen LogP contribution is 2.19. The van der Waals surface area contributed by atoms with Crippen LogP contribution in [0.25, 0.3) is 0 Å². The number of phenolic OH excluding ortho intramolecular Hbond substituents is 1. The van der Waals surface area contributed by atoms with Gasteiger partial charge in [-0.2, -0.15) is 0 Å². The lowest BCUT2D eigenvalue weighted by atomic mass is 10.1. The summed E-state index contributed by atoms with van der Waals surface area (Å²) in [6.45, 7) is 2.99. The highest BCUT2D eigenvalue weighted by Gasteiger charge is 2.17. The van der Waals surface area contributed by atoms with Gasteiger partial charge in [0.2, 0.25) is 5.88 Å². The Bertz CT molecular complexity index is 626. The van der Waals surface area contributed by atoms with Gasteiger partial charge in [0.05, 0.1) is 12.7 Å². The standard InChI is InChI=1S/C17H20N2O3/c1-3-10-19(12-14-6-4-5-7-15(14)20)17(21)13-8-9-16(22-2)18-11-13/h4-9,11,20H,3,10,12H2,1-2H3. The largest absolute Gasteiger partial charge is 0.508 e. The second-order valence-corrected chi connectivity index (χ2v) is 4.94. The first-order valence-electron chi connectivity index (χ1n) is 7.22. The molecule has 5 heteroatoms. The van der Waals surface area contributed by atoms with Crippen molar-refractivity contribution in [2.75, 3.05) is 13.7 Å². The van der Waals surface area contributed by atoms with Crippen LogP contribution in [0.1, 0.15) is 29.3 Å². The highest BCUT2D eigenvalue weighted by molar-refractivity contribution is 5.94. The highest BCUT2D eigenvalue weighted by atomic mass is 16.5. The second kappa shape index (κ2) is 7.45. The van der Waals surface area contributed by atoms with Gasteiger partial charge in [-0.15, -0.1) is 0 Å². The third kappa shape index (κ3) is 3.75. The molecular weight excluding hydrogens is 280 g/mol. The number of carbonyl (C=O) groups excluding carboxylic acids is 1. The first kappa shape index (κ1) is 15.8. The zero-order valence-corrected chi connectivity index (χ0v) is 12.8. The van der Waals surface area contributed by atoms with Crippen molar-refractivity contribution in [3.05, 3.63) is 53.7 Å². The molecule has 1 heterocycles. The molecular formula is C17H20N2O3. The van der Waals surface area contributed by atoms with Crippen LogP contribution in [0.5, 0.6) is 11.6 Å². The summed E-state index contributed by atoms with van der Waals surface area (Å²) in [7, 11) is 1.53. The normalized spacial score (nSPS) is 10.3. The van der Waals surface area contributed by atoms with Crippen molar-refractivity contribution < 1.29 is 14.6 Å². The minimum atomic E-state index is -0.111. The summed E-state index contributed by atoms with van der Waals surface area (Å²) in [6.07, 6.45) is 2.34. The van der Waals surface area contributed by atoms with Crippen molar-refractivity contribution in [1.82, 2.24) is 9.88 Å². The van der Waals surface area contributed by atoms with Crippen LogP contribution in [0.3, 0.4) is 0 Å². The first-order chi connectivity index (χ1) is 10.7. The molecule has 0 aliphatic rings. The predicted octanol–water partition coefficient (Wildman–Crippen LogP) is 2.85. The summed E-state index contributed by atoms with van der Waals surface area (Å²) in [5, 5.41) is 9.88. The van der Waals surface area contributed by atoms with Crippen molar-refractivity contribution in [1.29, 1.82) is 0 Å². The van der Waals surface area contributed by atoms with Crippen LogP contribution < -0.4 is 4.74 Å². The molecule has 2 rings (SSSR count). The third-order valence-corrected chi connectivity index (χ3v) is 3.33. The van der Waals surface area contributed by atoms with Gasteiger partial charge in [0.15, 0.2) is 0 Å². The zero-order valence-electron chi connectivity index (χ0n) is 12.8. The van der Waals surface area contributed by atoms with E-state index in [0.717, 1.165) is 12.0 Å². The second-order valence-electron chi connectivity index (χ2n) is 4.94. The smallest absolute Gasteiger partial charge is 0.255 e. The van der Waals surface area contributed by atoms with Crippen molar-refractivity contribution in [3.8, 4) is 11.6 Å². The SMILES string of the molecule is CCCN(Cc1ccccc1O)C(=O)c1ccc(OC)nc1. The summed E-state index contributed by atoms with van der Waals surface area (Å²) in [5.41, 5.74) is 1.23. The quantitative estimate of drug-likeness (QED) is 0.891. The fourth-order valence-electron chi connectivity index (χ4n) is 2.18. The van der Waals surface area contributed by atoms with Crippen LogP contribution in [0.4, 0.5) is 0 Å². The van der Waals surface area contributed by atoms with Gasteiger partial charge in [-0.1, -0.05) is 25.1 Å². The van der Waals surface area contributed by atoms with Crippen LogP contribution in [-0.2, 0) is 6.54 Å². The van der Waals surface area contributed by atoms with Crippen molar-refractivity contribution in [2.45, 2.75) is 19.9 Å². The lowest BCUT2D eigenvalue weighted by Gasteiger charge is -2.22. The minimum Gasteiger partial charge on any atom is -0.508 e. The molecule has 0 aliphatic carbocycles. The molecule has 0 saturated carbocycles. The van der Waals surface area contributed by atoms with E-state index >= 15 is 0 Å². The van der Waals surface area contributed by atoms with Crippen LogP contribution in [0.2, 0.25) is 0 Å². The summed E-state index contributed by atoms with van der Waals surface area (Å²) in [6, 6.07) is 10.4. The average Bonchev–Trinajstić information content (AvgIpc) is 2.56. The molecule has 1 N–H and O–H groups in total. The Labute approximate surface area is 130 Å². The van der Waals surface area contributed by atoms with Gasteiger partial charge in [-0.3, -0.25) is 4.79 Å². The number of methoxy groups -OCH3 is 1. The molecule has 1 aromatic carbocycles. The molecule has 1 amide bonds. The van der Waals surface area contributed by atoms with E-state index in [2.05, 4.69) is 4.98 Å². The number of phenols is 1. The maximum Gasteiger partial charge on any atom is 0.255 e. The topological polar surface area (TPSA) is 62.7 Å². The van der Waals surface area contributed by atoms with Crippen LogP contribution >= 0.6 is 0 Å². The monoisotopic (exact) mass is 300 g/mol. The van der Waals surface area contributed by atoms with Crippen molar-refractivity contribution >= 4 is 5.91 Å². The van der Waals surface area contributed by atoms with Gasteiger partial charge in [0, 0.05) is 30.9 Å². The van der Waals surface area contributed by atoms with Crippen LogP contribution in [-0.4, -0.2) is 34.6 Å². The van der Waals surface area contributed by atoms with E-state index in [-0.39, 0.29) is 11.7 Å². The lowest BCUT2D eigenvalue weighted by Crippen LogP contribution is -2.31. The molecule has 1 aromatic heterocycles. The third-order valence-electron chi connectivity index (χ3n) is 3.33. The van der Waals surface area contributed by atoms with Gasteiger partial charge < -0.3 is 14.7 Å². The summed E-state index contributed by atoms with van der Waals surface area (Å²) >= 11 is 0. The molecule has 2 aromatic rings. The van der Waals surface area contributed by atoms with Crippen LogP contribution in [0.15, 0.2) is 42.6 Å². The number of benzene rings is 1. The van der Waals surface area contributed by atoms with E-state index in [9.17, 15) is 9.90 Å². The van der Waals surface area contributed by atoms with Crippen molar-refractivity contribution in [3.63, 3.8) is 0 Å². The Morgan fingerprint density at radius 2 is 2.05 bits per heavy atom. The number of hydrogen-bond acceptors (Lipinski definition) is 4. The van der Waals surface area contributed by atoms with Gasteiger partial charge in [-0.25, -0.2) is 4.98 Å². The molecule has 22 heavy (non-hydrogen) atoms. The van der Waals surface area contributed by atoms with Gasteiger partial charge in [0.25, 0.3) is 5.91 Å². The van der Waals surface area contributed by atoms with E-state index in [4.69, 9.17) is 4.74 Å². The Kier molecular flexibility index (Phi) is 5.36. The Hall–Kier alpha value is -2.56. The van der Waals surface area contributed by atoms with E-state index in [1.165, 1.54) is 13.3 Å². The number of aromatic hydroxyl groups is 1. The number of ether oxygens (including phenoxy) is 1. The maximum atomic E-state index is 12.6. The Balaban J connectivity index is 2.19. The number of para-hydroxylation sites is 1. The lowest BCUT2D eigenvalue weighted by molar-refractivity contribution is 0.0742. The molecule has 0 radical (unpaired) electrons. The first-order valence-corrected chi connectivity index (χ1v) is 7.22. The zero-order chi connectivity index (χ0) is 15.9. The Morgan fingerprint density at radius 1 is 1.27 bits per heavy atom. The average molecular weight is 300 g/mol. The number of carbonyl (C=O) groups is 1. The number of pyridine rings is 1. The molecule has 0 saturated heterocycles. The van der Waals surface area contributed by atoms with Crippen molar-refractivity contribution in [2.24, 2.45) is 0 Å². The Morgan fingerprint density at radius 3 is 2.64 bits per heavy atom. The molecule has 0 bridgehead atoms. The number of aromatic nitrogens is 1. The molecule has 5 nitrogen and oxygen atoms in total. The van der Waals surface area contributed by atoms with E-state index < -0.39 is 0 Å². The molecule has 0 atom stereocenters. The molecule has 0 unspecified atom stereocenters. The molecule has 0 aliphatic heterocycles. The number of rotatable bonds is 6. The van der Waals surface area contributed by atoms with Gasteiger partial charge >= 0.3 is 0 Å². The number of amides is 1. The van der Waals surface area contributed by atoms with Crippen LogP contribution in [0, 0.1) is 0 Å². The fraction of sp³-hybridized carbons (Fsp3) is 0.294. The van der Waals surface area contributed by atoms with E-state index in [1.807, 2.05) is 19.1 Å². The number of nitrogens with zero attached hydrogens (tertiary/aromatic N) is 2. The fourth-order valence-corrected chi connectivity index (χ4v) is 2.18. The van der Waals surface area contributed by atoms with Gasteiger partial charge in [0.1, 0.15) is 5.75 Å². The minimum absolute atomic E-state index is 0.111. The summed E-state index contributed by atoms with van der Waals surface area (Å²) in [4.78, 5) is 18.4. The predicted molar refractivity (Wildman–Crippen MR) is 83.9 cm³/mol. The van der Waals surface area contributed by atoms with Gasteiger partial charge in [-0.05, 0) is 18.6 Å². The van der Waals surface area contributed by atoms with E-state index in [1.54, 1.807) is 29.2 Å².